The van der Waals surface area contributed by atoms with E-state index < -0.39 is 43.2 Å². The molecular formula is C13H9F3N2O6S2. The van der Waals surface area contributed by atoms with Crippen LogP contribution in [-0.4, -0.2) is 26.4 Å². The van der Waals surface area contributed by atoms with Crippen LogP contribution in [0.4, 0.5) is 24.5 Å². The molecule has 0 radical (unpaired) electrons. The Bertz CT molecular complexity index is 968. The van der Waals surface area contributed by atoms with Crippen molar-refractivity contribution in [3.8, 4) is 0 Å². The van der Waals surface area contributed by atoms with Gasteiger partial charge in [-0.15, -0.1) is 11.3 Å². The van der Waals surface area contributed by atoms with Crippen LogP contribution in [0.5, 0.6) is 0 Å². The van der Waals surface area contributed by atoms with Gasteiger partial charge in [-0.05, 0) is 23.6 Å². The van der Waals surface area contributed by atoms with Crippen molar-refractivity contribution in [2.45, 2.75) is 11.1 Å². The van der Waals surface area contributed by atoms with Crippen LogP contribution in [0, 0.1) is 10.1 Å². The lowest BCUT2D eigenvalue weighted by Crippen LogP contribution is -2.17. The maximum absolute atomic E-state index is 12.7. The molecule has 13 heteroatoms. The molecule has 1 aromatic carbocycles. The monoisotopic (exact) mass is 410 g/mol. The first-order valence-electron chi connectivity index (χ1n) is 6.51. The molecule has 0 fully saturated rings. The standard InChI is InChI=1S/C13H9F3N2O6S2/c1-24-12(19)11-8(4-5-25-11)17-26(22,23)10-3-2-7(13(14,15)16)6-9(10)18(20)21/h2-6,17H,1H3. The molecule has 1 aromatic heterocycles. The average molecular weight is 410 g/mol. The molecule has 0 unspecified atom stereocenters. The summed E-state index contributed by atoms with van der Waals surface area (Å²) in [6.07, 6.45) is -4.88. The van der Waals surface area contributed by atoms with Crippen LogP contribution in [-0.2, 0) is 20.9 Å². The molecular weight excluding hydrogens is 401 g/mol. The summed E-state index contributed by atoms with van der Waals surface area (Å²) < 4.78 is 69.4. The summed E-state index contributed by atoms with van der Waals surface area (Å²) in [5.74, 6) is -0.848. The average Bonchev–Trinajstić information content (AvgIpc) is 3.00. The Labute approximate surface area is 148 Å². The third-order valence-corrected chi connectivity index (χ3v) is 5.36. The summed E-state index contributed by atoms with van der Waals surface area (Å²) in [5.41, 5.74) is -2.83. The molecule has 0 aliphatic rings. The molecule has 26 heavy (non-hydrogen) atoms. The van der Waals surface area contributed by atoms with Gasteiger partial charge in [-0.25, -0.2) is 13.2 Å². The van der Waals surface area contributed by atoms with E-state index in [0.717, 1.165) is 18.4 Å². The Hall–Kier alpha value is -2.67. The number of alkyl halides is 3. The second kappa shape index (κ2) is 6.92. The van der Waals surface area contributed by atoms with E-state index in [1.54, 1.807) is 0 Å². The number of methoxy groups -OCH3 is 1. The Kier molecular flexibility index (Phi) is 5.23. The van der Waals surface area contributed by atoms with Gasteiger partial charge in [0.25, 0.3) is 15.7 Å². The molecule has 0 saturated heterocycles. The molecule has 1 heterocycles. The summed E-state index contributed by atoms with van der Waals surface area (Å²) in [7, 11) is -3.58. The lowest BCUT2D eigenvalue weighted by Gasteiger charge is -2.11. The van der Waals surface area contributed by atoms with E-state index in [4.69, 9.17) is 0 Å². The zero-order chi connectivity index (χ0) is 19.7. The number of thiophene rings is 1. The molecule has 0 saturated carbocycles. The number of nitrogens with one attached hydrogen (secondary N) is 1. The Morgan fingerprint density at radius 1 is 1.31 bits per heavy atom. The number of halogens is 3. The highest BCUT2D eigenvalue weighted by atomic mass is 32.2. The zero-order valence-corrected chi connectivity index (χ0v) is 14.4. The van der Waals surface area contributed by atoms with Crippen molar-refractivity contribution >= 4 is 38.7 Å². The van der Waals surface area contributed by atoms with Gasteiger partial charge in [-0.2, -0.15) is 13.2 Å². The van der Waals surface area contributed by atoms with Crippen molar-refractivity contribution in [3.63, 3.8) is 0 Å². The van der Waals surface area contributed by atoms with Crippen molar-refractivity contribution in [2.75, 3.05) is 11.8 Å². The van der Waals surface area contributed by atoms with E-state index in [2.05, 4.69) is 4.74 Å². The van der Waals surface area contributed by atoms with Crippen LogP contribution in [0.15, 0.2) is 34.5 Å². The fourth-order valence-electron chi connectivity index (χ4n) is 1.90. The molecule has 0 atom stereocenters. The summed E-state index contributed by atoms with van der Waals surface area (Å²) in [5, 5.41) is 12.4. The molecule has 0 bridgehead atoms. The highest BCUT2D eigenvalue weighted by molar-refractivity contribution is 7.92. The first-order chi connectivity index (χ1) is 12.0. The Morgan fingerprint density at radius 3 is 2.50 bits per heavy atom. The lowest BCUT2D eigenvalue weighted by atomic mass is 10.2. The maximum Gasteiger partial charge on any atom is 0.416 e. The van der Waals surface area contributed by atoms with E-state index >= 15 is 0 Å². The number of carbonyl (C=O) groups excluding carboxylic acids is 1. The SMILES string of the molecule is COC(=O)c1sccc1NS(=O)(=O)c1ccc(C(F)(F)F)cc1[N+](=O)[O-]. The number of carbonyl (C=O) groups is 1. The minimum Gasteiger partial charge on any atom is -0.465 e. The van der Waals surface area contributed by atoms with Gasteiger partial charge in [-0.1, -0.05) is 0 Å². The van der Waals surface area contributed by atoms with Gasteiger partial charge < -0.3 is 4.74 Å². The molecule has 2 rings (SSSR count). The number of benzene rings is 1. The maximum atomic E-state index is 12.7. The highest BCUT2D eigenvalue weighted by Crippen LogP contribution is 2.35. The van der Waals surface area contributed by atoms with Gasteiger partial charge in [-0.3, -0.25) is 14.8 Å². The number of rotatable bonds is 5. The third-order valence-electron chi connectivity index (χ3n) is 3.05. The van der Waals surface area contributed by atoms with E-state index in [0.29, 0.717) is 12.1 Å². The first-order valence-corrected chi connectivity index (χ1v) is 8.88. The fraction of sp³-hybridized carbons (Fsp3) is 0.154. The second-order valence-electron chi connectivity index (χ2n) is 4.70. The number of nitro benzene ring substituents is 1. The van der Waals surface area contributed by atoms with Crippen LogP contribution >= 0.6 is 11.3 Å². The molecule has 8 nitrogen and oxygen atoms in total. The minimum atomic E-state index is -4.88. The normalized spacial score (nSPS) is 11.8. The predicted molar refractivity (Wildman–Crippen MR) is 84.6 cm³/mol. The van der Waals surface area contributed by atoms with E-state index in [9.17, 15) is 36.5 Å². The fourth-order valence-corrected chi connectivity index (χ4v) is 3.96. The third kappa shape index (κ3) is 3.94. The molecule has 0 aliphatic heterocycles. The van der Waals surface area contributed by atoms with E-state index in [1.807, 2.05) is 4.72 Å². The number of nitro groups is 1. The van der Waals surface area contributed by atoms with E-state index in [-0.39, 0.29) is 16.6 Å². The molecule has 0 aliphatic carbocycles. The number of hydrogen-bond donors (Lipinski definition) is 1. The molecule has 0 spiro atoms. The summed E-state index contributed by atoms with van der Waals surface area (Å²) in [6.45, 7) is 0. The van der Waals surface area contributed by atoms with Gasteiger partial charge in [0.1, 0.15) is 4.88 Å². The Morgan fingerprint density at radius 2 is 1.96 bits per heavy atom. The topological polar surface area (TPSA) is 116 Å². The number of nitrogens with zero attached hydrogens (tertiary/aromatic N) is 1. The van der Waals surface area contributed by atoms with Crippen molar-refractivity contribution < 1.29 is 36.0 Å². The van der Waals surface area contributed by atoms with Gasteiger partial charge in [0, 0.05) is 6.07 Å². The molecule has 0 amide bonds. The van der Waals surface area contributed by atoms with Crippen molar-refractivity contribution in [1.29, 1.82) is 0 Å². The summed E-state index contributed by atoms with van der Waals surface area (Å²) >= 11 is 0.850. The summed E-state index contributed by atoms with van der Waals surface area (Å²) in [6, 6.07) is 2.23. The number of ether oxygens (including phenoxy) is 1. The lowest BCUT2D eigenvalue weighted by molar-refractivity contribution is -0.388. The van der Waals surface area contributed by atoms with Gasteiger partial charge >= 0.3 is 12.1 Å². The zero-order valence-electron chi connectivity index (χ0n) is 12.7. The van der Waals surface area contributed by atoms with Crippen LogP contribution < -0.4 is 4.72 Å². The second-order valence-corrected chi connectivity index (χ2v) is 7.26. The quantitative estimate of drug-likeness (QED) is 0.460. The van der Waals surface area contributed by atoms with Crippen molar-refractivity contribution in [2.24, 2.45) is 0 Å². The Balaban J connectivity index is 2.51. The number of esters is 1. The van der Waals surface area contributed by atoms with Crippen LogP contribution in [0.2, 0.25) is 0 Å². The number of anilines is 1. The van der Waals surface area contributed by atoms with Crippen LogP contribution in [0.3, 0.4) is 0 Å². The van der Waals surface area contributed by atoms with Gasteiger partial charge in [0.05, 0.1) is 23.3 Å². The first kappa shape index (κ1) is 19.7. The smallest absolute Gasteiger partial charge is 0.416 e. The number of sulfonamides is 1. The van der Waals surface area contributed by atoms with Gasteiger partial charge in [0.2, 0.25) is 0 Å². The summed E-state index contributed by atoms with van der Waals surface area (Å²) in [4.78, 5) is 20.3. The van der Waals surface area contributed by atoms with Crippen molar-refractivity contribution in [3.05, 3.63) is 50.2 Å². The highest BCUT2D eigenvalue weighted by Gasteiger charge is 2.35. The molecule has 1 N–H and O–H groups in total. The predicted octanol–water partition coefficient (Wildman–Crippen LogP) is 3.26. The van der Waals surface area contributed by atoms with Crippen molar-refractivity contribution in [1.82, 2.24) is 0 Å². The van der Waals surface area contributed by atoms with E-state index in [1.165, 1.54) is 11.4 Å². The number of hydrogen-bond acceptors (Lipinski definition) is 7. The molecule has 140 valence electrons. The minimum absolute atomic E-state index is 0.120. The molecule has 2 aromatic rings. The van der Waals surface area contributed by atoms with Gasteiger partial charge in [0.15, 0.2) is 4.90 Å². The largest absolute Gasteiger partial charge is 0.465 e. The van der Waals surface area contributed by atoms with Crippen LogP contribution in [0.25, 0.3) is 0 Å². The van der Waals surface area contributed by atoms with Crippen LogP contribution in [0.1, 0.15) is 15.2 Å².